The molecular formula is C14H13NO5S. The third-order valence-corrected chi connectivity index (χ3v) is 5.19. The smallest absolute Gasteiger partial charge is 0.287 e. The summed E-state index contributed by atoms with van der Waals surface area (Å²) in [6, 6.07) is 7.33. The van der Waals surface area contributed by atoms with E-state index in [0.29, 0.717) is 17.4 Å². The van der Waals surface area contributed by atoms with E-state index in [1.54, 1.807) is 24.3 Å². The standard InChI is InChI=1S/C14H13NO5S/c16-11-7-13(20-12-4-2-1-3-10(11)12)14(17)15-9-5-6-21(18,19)8-9/h1-4,7,9H,5-6,8H2,(H,15,17)/t9-/m0/s1. The molecule has 7 heteroatoms. The van der Waals surface area contributed by atoms with Gasteiger partial charge in [-0.2, -0.15) is 0 Å². The summed E-state index contributed by atoms with van der Waals surface area (Å²) in [6.45, 7) is 0. The highest BCUT2D eigenvalue weighted by molar-refractivity contribution is 7.91. The van der Waals surface area contributed by atoms with Crippen molar-refractivity contribution in [1.82, 2.24) is 5.32 Å². The number of carbonyl (C=O) groups excluding carboxylic acids is 1. The van der Waals surface area contributed by atoms with Crippen LogP contribution < -0.4 is 10.7 Å². The Morgan fingerprint density at radius 3 is 2.76 bits per heavy atom. The summed E-state index contributed by atoms with van der Waals surface area (Å²) < 4.78 is 28.1. The van der Waals surface area contributed by atoms with E-state index >= 15 is 0 Å². The van der Waals surface area contributed by atoms with Crippen LogP contribution in [-0.2, 0) is 9.84 Å². The van der Waals surface area contributed by atoms with E-state index in [4.69, 9.17) is 4.42 Å². The van der Waals surface area contributed by atoms with Crippen molar-refractivity contribution in [3.05, 3.63) is 46.3 Å². The second kappa shape index (κ2) is 5.00. The molecule has 1 fully saturated rings. The number of fused-ring (bicyclic) bond motifs is 1. The number of carbonyl (C=O) groups is 1. The Morgan fingerprint density at radius 2 is 2.05 bits per heavy atom. The number of benzene rings is 1. The first-order valence-corrected chi connectivity index (χ1v) is 8.31. The summed E-state index contributed by atoms with van der Waals surface area (Å²) in [7, 11) is -3.07. The number of nitrogens with one attached hydrogen (secondary N) is 1. The lowest BCUT2D eigenvalue weighted by molar-refractivity contribution is 0.0913. The van der Waals surface area contributed by atoms with E-state index in [9.17, 15) is 18.0 Å². The van der Waals surface area contributed by atoms with Crippen molar-refractivity contribution in [1.29, 1.82) is 0 Å². The molecule has 2 aromatic rings. The Balaban J connectivity index is 1.87. The zero-order valence-electron chi connectivity index (χ0n) is 11.0. The van der Waals surface area contributed by atoms with Crippen LogP contribution in [0, 0.1) is 0 Å². The van der Waals surface area contributed by atoms with E-state index in [1.807, 2.05) is 0 Å². The van der Waals surface area contributed by atoms with E-state index in [0.717, 1.165) is 6.07 Å². The summed E-state index contributed by atoms with van der Waals surface area (Å²) in [5.41, 5.74) is 0.0234. The molecule has 110 valence electrons. The minimum absolute atomic E-state index is 0.0691. The number of amides is 1. The van der Waals surface area contributed by atoms with E-state index in [2.05, 4.69) is 5.32 Å². The van der Waals surface area contributed by atoms with Gasteiger partial charge in [0, 0.05) is 12.1 Å². The predicted molar refractivity (Wildman–Crippen MR) is 77.0 cm³/mol. The van der Waals surface area contributed by atoms with Gasteiger partial charge in [-0.15, -0.1) is 0 Å². The van der Waals surface area contributed by atoms with Crippen molar-refractivity contribution in [2.24, 2.45) is 0 Å². The van der Waals surface area contributed by atoms with Crippen molar-refractivity contribution < 1.29 is 17.6 Å². The average molecular weight is 307 g/mol. The van der Waals surface area contributed by atoms with E-state index in [1.165, 1.54) is 0 Å². The Hall–Kier alpha value is -2.15. The lowest BCUT2D eigenvalue weighted by Gasteiger charge is -2.10. The molecule has 0 bridgehead atoms. The van der Waals surface area contributed by atoms with Crippen LogP contribution >= 0.6 is 0 Å². The minimum atomic E-state index is -3.07. The van der Waals surface area contributed by atoms with Crippen molar-refractivity contribution >= 4 is 26.7 Å². The summed E-state index contributed by atoms with van der Waals surface area (Å²) in [5, 5.41) is 2.99. The lowest BCUT2D eigenvalue weighted by atomic mass is 10.2. The molecule has 1 aliphatic heterocycles. The van der Waals surface area contributed by atoms with Gasteiger partial charge in [0.2, 0.25) is 0 Å². The van der Waals surface area contributed by atoms with Gasteiger partial charge in [-0.25, -0.2) is 8.42 Å². The first kappa shape index (κ1) is 13.8. The lowest BCUT2D eigenvalue weighted by Crippen LogP contribution is -2.35. The monoisotopic (exact) mass is 307 g/mol. The molecule has 0 radical (unpaired) electrons. The molecular weight excluding hydrogens is 294 g/mol. The van der Waals surface area contributed by atoms with Crippen LogP contribution in [0.15, 0.2) is 39.5 Å². The topological polar surface area (TPSA) is 93.5 Å². The Kier molecular flexibility index (Phi) is 3.29. The van der Waals surface area contributed by atoms with E-state index in [-0.39, 0.29) is 22.7 Å². The Morgan fingerprint density at radius 1 is 1.29 bits per heavy atom. The fraction of sp³-hybridized carbons (Fsp3) is 0.286. The van der Waals surface area contributed by atoms with Gasteiger partial charge in [-0.3, -0.25) is 9.59 Å². The molecule has 0 unspecified atom stereocenters. The summed E-state index contributed by atoms with van der Waals surface area (Å²) in [5.74, 6) is -0.682. The normalized spacial score (nSPS) is 20.5. The van der Waals surface area contributed by atoms with Gasteiger partial charge in [-0.05, 0) is 18.6 Å². The molecule has 1 saturated heterocycles. The van der Waals surface area contributed by atoms with Crippen molar-refractivity contribution in [2.75, 3.05) is 11.5 Å². The maximum Gasteiger partial charge on any atom is 0.287 e. The molecule has 1 aromatic heterocycles. The zero-order valence-corrected chi connectivity index (χ0v) is 11.9. The minimum Gasteiger partial charge on any atom is -0.451 e. The third-order valence-electron chi connectivity index (χ3n) is 3.43. The van der Waals surface area contributed by atoms with Gasteiger partial charge in [0.05, 0.1) is 16.9 Å². The molecule has 1 amide bonds. The number of para-hydroxylation sites is 1. The van der Waals surface area contributed by atoms with Crippen molar-refractivity contribution in [2.45, 2.75) is 12.5 Å². The number of sulfone groups is 1. The molecule has 1 aliphatic rings. The molecule has 1 N–H and O–H groups in total. The molecule has 1 aromatic carbocycles. The third kappa shape index (κ3) is 2.82. The molecule has 6 nitrogen and oxygen atoms in total. The predicted octanol–water partition coefficient (Wildman–Crippen LogP) is 0.710. The second-order valence-corrected chi connectivity index (χ2v) is 7.27. The zero-order chi connectivity index (χ0) is 15.0. The highest BCUT2D eigenvalue weighted by Gasteiger charge is 2.29. The fourth-order valence-electron chi connectivity index (χ4n) is 2.38. The molecule has 1 atom stereocenters. The van der Waals surface area contributed by atoms with Gasteiger partial charge in [-0.1, -0.05) is 12.1 Å². The van der Waals surface area contributed by atoms with Gasteiger partial charge in [0.1, 0.15) is 5.58 Å². The van der Waals surface area contributed by atoms with Crippen LogP contribution in [0.4, 0.5) is 0 Å². The average Bonchev–Trinajstić information content (AvgIpc) is 2.78. The summed E-state index contributed by atoms with van der Waals surface area (Å²) >= 11 is 0. The number of hydrogen-bond acceptors (Lipinski definition) is 5. The highest BCUT2D eigenvalue weighted by Crippen LogP contribution is 2.14. The molecule has 0 spiro atoms. The van der Waals surface area contributed by atoms with E-state index < -0.39 is 21.8 Å². The second-order valence-electron chi connectivity index (χ2n) is 5.04. The van der Waals surface area contributed by atoms with Crippen LogP contribution in [0.5, 0.6) is 0 Å². The number of hydrogen-bond donors (Lipinski definition) is 1. The quantitative estimate of drug-likeness (QED) is 0.882. The first-order valence-electron chi connectivity index (χ1n) is 6.49. The van der Waals surface area contributed by atoms with Crippen molar-refractivity contribution in [3.8, 4) is 0 Å². The fourth-order valence-corrected chi connectivity index (χ4v) is 4.05. The molecule has 21 heavy (non-hydrogen) atoms. The maximum atomic E-state index is 12.1. The maximum absolute atomic E-state index is 12.1. The molecule has 3 rings (SSSR count). The summed E-state index contributed by atoms with van der Waals surface area (Å²) in [6.07, 6.45) is 0.381. The van der Waals surface area contributed by atoms with Gasteiger partial charge < -0.3 is 9.73 Å². The van der Waals surface area contributed by atoms with Crippen LogP contribution in [0.1, 0.15) is 17.0 Å². The van der Waals surface area contributed by atoms with Crippen LogP contribution in [-0.4, -0.2) is 31.9 Å². The van der Waals surface area contributed by atoms with Gasteiger partial charge >= 0.3 is 0 Å². The van der Waals surface area contributed by atoms with Crippen LogP contribution in [0.3, 0.4) is 0 Å². The molecule has 2 heterocycles. The highest BCUT2D eigenvalue weighted by atomic mass is 32.2. The summed E-state index contributed by atoms with van der Waals surface area (Å²) in [4.78, 5) is 24.0. The van der Waals surface area contributed by atoms with Crippen LogP contribution in [0.25, 0.3) is 11.0 Å². The molecule has 0 saturated carbocycles. The molecule has 0 aliphatic carbocycles. The van der Waals surface area contributed by atoms with Crippen molar-refractivity contribution in [3.63, 3.8) is 0 Å². The van der Waals surface area contributed by atoms with Crippen LogP contribution in [0.2, 0.25) is 0 Å². The Bertz CT molecular complexity index is 868. The van der Waals surface area contributed by atoms with Gasteiger partial charge in [0.25, 0.3) is 5.91 Å². The first-order chi connectivity index (χ1) is 9.94. The SMILES string of the molecule is O=C(N[C@H]1CCS(=O)(=O)C1)c1cc(=O)c2ccccc2o1. The Labute approximate surface area is 120 Å². The number of rotatable bonds is 2. The largest absolute Gasteiger partial charge is 0.451 e. The van der Waals surface area contributed by atoms with Gasteiger partial charge in [0.15, 0.2) is 21.0 Å².